The molecule has 0 aromatic heterocycles. The van der Waals surface area contributed by atoms with E-state index in [1.54, 1.807) is 0 Å². The van der Waals surface area contributed by atoms with Crippen molar-refractivity contribution >= 4 is 5.97 Å². The van der Waals surface area contributed by atoms with Gasteiger partial charge in [0.1, 0.15) is 5.41 Å². The maximum atomic E-state index is 11.7. The lowest BCUT2D eigenvalue weighted by Crippen LogP contribution is -2.33. The van der Waals surface area contributed by atoms with Gasteiger partial charge >= 0.3 is 5.97 Å². The number of hydrogen-bond acceptors (Lipinski definition) is 1. The molecular formula is C16H18O2. The Hall–Kier alpha value is -1.83. The van der Waals surface area contributed by atoms with Crippen LogP contribution in [0.25, 0.3) is 0 Å². The van der Waals surface area contributed by atoms with Crippen LogP contribution in [-0.2, 0) is 10.2 Å². The van der Waals surface area contributed by atoms with Crippen molar-refractivity contribution in [3.05, 3.63) is 60.2 Å². The monoisotopic (exact) mass is 242 g/mol. The van der Waals surface area contributed by atoms with E-state index in [9.17, 15) is 9.90 Å². The molecule has 0 unspecified atom stereocenters. The van der Waals surface area contributed by atoms with Gasteiger partial charge in [0.15, 0.2) is 0 Å². The van der Waals surface area contributed by atoms with Crippen molar-refractivity contribution in [2.45, 2.75) is 19.3 Å². The fraction of sp³-hybridized carbons (Fsp3) is 0.312. The minimum absolute atomic E-state index is 0.321. The van der Waals surface area contributed by atoms with Gasteiger partial charge in [-0.1, -0.05) is 68.5 Å². The summed E-state index contributed by atoms with van der Waals surface area (Å²) in [7, 11) is 0. The van der Waals surface area contributed by atoms with Crippen LogP contribution in [0, 0.1) is 11.8 Å². The Morgan fingerprint density at radius 3 is 2.17 bits per heavy atom. The van der Waals surface area contributed by atoms with Crippen molar-refractivity contribution in [1.82, 2.24) is 0 Å². The van der Waals surface area contributed by atoms with E-state index in [0.29, 0.717) is 11.8 Å². The van der Waals surface area contributed by atoms with Gasteiger partial charge in [-0.3, -0.25) is 4.79 Å². The average molecular weight is 242 g/mol. The molecule has 2 heteroatoms. The number of carbonyl (C=O) groups is 1. The number of hydrogen-bond donors (Lipinski definition) is 1. The number of allylic oxidation sites excluding steroid dienone is 2. The quantitative estimate of drug-likeness (QED) is 0.825. The van der Waals surface area contributed by atoms with Crippen LogP contribution in [0.2, 0.25) is 0 Å². The molecule has 0 atom stereocenters. The molecular weight excluding hydrogens is 224 g/mol. The van der Waals surface area contributed by atoms with Gasteiger partial charge < -0.3 is 5.11 Å². The maximum absolute atomic E-state index is 11.7. The predicted octanol–water partition coefficient (Wildman–Crippen LogP) is 3.41. The highest BCUT2D eigenvalue weighted by molar-refractivity contribution is 5.87. The topological polar surface area (TPSA) is 37.3 Å². The SMILES string of the molecule is CC(C)C1C=CC(C(=O)O)(c2ccccc2)C=C1. The summed E-state index contributed by atoms with van der Waals surface area (Å²) in [5, 5.41) is 9.56. The largest absolute Gasteiger partial charge is 0.480 e. The molecule has 0 fully saturated rings. The number of carboxylic acid groups (broad SMARTS) is 1. The second-order valence-electron chi connectivity index (χ2n) is 5.08. The van der Waals surface area contributed by atoms with E-state index >= 15 is 0 Å². The lowest BCUT2D eigenvalue weighted by atomic mass is 9.74. The molecule has 0 heterocycles. The van der Waals surface area contributed by atoms with Crippen molar-refractivity contribution < 1.29 is 9.90 Å². The molecule has 1 aromatic rings. The molecule has 1 aliphatic carbocycles. The Morgan fingerprint density at radius 2 is 1.72 bits per heavy atom. The fourth-order valence-electron chi connectivity index (χ4n) is 2.26. The van der Waals surface area contributed by atoms with E-state index < -0.39 is 11.4 Å². The normalized spacial score (nSPS) is 26.5. The molecule has 1 aliphatic rings. The van der Waals surface area contributed by atoms with Gasteiger partial charge in [0.05, 0.1) is 0 Å². The van der Waals surface area contributed by atoms with Crippen molar-refractivity contribution in [2.24, 2.45) is 11.8 Å². The van der Waals surface area contributed by atoms with Crippen LogP contribution in [0.4, 0.5) is 0 Å². The highest BCUT2D eigenvalue weighted by Gasteiger charge is 2.37. The third-order valence-electron chi connectivity index (χ3n) is 3.54. The van der Waals surface area contributed by atoms with Crippen LogP contribution >= 0.6 is 0 Å². The van der Waals surface area contributed by atoms with Crippen LogP contribution in [0.3, 0.4) is 0 Å². The van der Waals surface area contributed by atoms with E-state index in [4.69, 9.17) is 0 Å². The van der Waals surface area contributed by atoms with Gasteiger partial charge in [0, 0.05) is 0 Å². The Bertz CT molecular complexity index is 469. The number of benzene rings is 1. The van der Waals surface area contributed by atoms with Gasteiger partial charge in [0.2, 0.25) is 0 Å². The van der Waals surface area contributed by atoms with Gasteiger partial charge in [-0.25, -0.2) is 0 Å². The molecule has 94 valence electrons. The van der Waals surface area contributed by atoms with E-state index in [0.717, 1.165) is 5.56 Å². The third kappa shape index (κ3) is 2.10. The predicted molar refractivity (Wildman–Crippen MR) is 72.4 cm³/mol. The van der Waals surface area contributed by atoms with Gasteiger partial charge in [-0.15, -0.1) is 0 Å². The standard InChI is InChI=1S/C16H18O2/c1-12(2)13-8-10-16(11-9-13,15(17)18)14-6-4-3-5-7-14/h3-13H,1-2H3,(H,17,18). The molecule has 18 heavy (non-hydrogen) atoms. The van der Waals surface area contributed by atoms with Crippen LogP contribution in [0.15, 0.2) is 54.6 Å². The molecule has 0 saturated heterocycles. The smallest absolute Gasteiger partial charge is 0.321 e. The zero-order valence-electron chi connectivity index (χ0n) is 10.7. The summed E-state index contributed by atoms with van der Waals surface area (Å²) in [6, 6.07) is 9.36. The highest BCUT2D eigenvalue weighted by atomic mass is 16.4. The van der Waals surface area contributed by atoms with Crippen molar-refractivity contribution in [2.75, 3.05) is 0 Å². The molecule has 1 N–H and O–H groups in total. The summed E-state index contributed by atoms with van der Waals surface area (Å²) in [6.07, 6.45) is 7.64. The summed E-state index contributed by atoms with van der Waals surface area (Å²) in [4.78, 5) is 11.7. The second kappa shape index (κ2) is 4.81. The lowest BCUT2D eigenvalue weighted by molar-refractivity contribution is -0.140. The molecule has 0 amide bonds. The molecule has 1 aromatic carbocycles. The fourth-order valence-corrected chi connectivity index (χ4v) is 2.26. The summed E-state index contributed by atoms with van der Waals surface area (Å²) >= 11 is 0. The first-order valence-electron chi connectivity index (χ1n) is 6.24. The van der Waals surface area contributed by atoms with E-state index in [1.165, 1.54) is 0 Å². The van der Waals surface area contributed by atoms with Crippen LogP contribution < -0.4 is 0 Å². The van der Waals surface area contributed by atoms with E-state index in [2.05, 4.69) is 13.8 Å². The average Bonchev–Trinajstić information content (AvgIpc) is 2.39. The third-order valence-corrected chi connectivity index (χ3v) is 3.54. The Balaban J connectivity index is 2.42. The van der Waals surface area contributed by atoms with Crippen LogP contribution in [-0.4, -0.2) is 11.1 Å². The summed E-state index contributed by atoms with van der Waals surface area (Å²) in [6.45, 7) is 4.27. The Morgan fingerprint density at radius 1 is 1.17 bits per heavy atom. The van der Waals surface area contributed by atoms with E-state index in [-0.39, 0.29) is 0 Å². The van der Waals surface area contributed by atoms with Gasteiger partial charge in [0.25, 0.3) is 0 Å². The van der Waals surface area contributed by atoms with Crippen LogP contribution in [0.5, 0.6) is 0 Å². The van der Waals surface area contributed by atoms with Crippen LogP contribution in [0.1, 0.15) is 19.4 Å². The summed E-state index contributed by atoms with van der Waals surface area (Å²) < 4.78 is 0. The summed E-state index contributed by atoms with van der Waals surface area (Å²) in [5.74, 6) is -0.0235. The first kappa shape index (κ1) is 12.6. The molecule has 0 bridgehead atoms. The molecule has 2 nitrogen and oxygen atoms in total. The Kier molecular flexibility index (Phi) is 3.37. The van der Waals surface area contributed by atoms with Gasteiger partial charge in [-0.2, -0.15) is 0 Å². The minimum atomic E-state index is -1.01. The Labute approximate surface area is 108 Å². The highest BCUT2D eigenvalue weighted by Crippen LogP contribution is 2.34. The first-order valence-corrected chi connectivity index (χ1v) is 6.24. The molecule has 0 spiro atoms. The van der Waals surface area contributed by atoms with E-state index in [1.807, 2.05) is 54.6 Å². The number of aliphatic carboxylic acids is 1. The number of rotatable bonds is 3. The van der Waals surface area contributed by atoms with Crippen molar-refractivity contribution in [1.29, 1.82) is 0 Å². The maximum Gasteiger partial charge on any atom is 0.321 e. The molecule has 0 aliphatic heterocycles. The zero-order chi connectivity index (χ0) is 13.2. The van der Waals surface area contributed by atoms with Crippen molar-refractivity contribution in [3.8, 4) is 0 Å². The summed E-state index contributed by atoms with van der Waals surface area (Å²) in [5.41, 5.74) is -0.209. The molecule has 0 radical (unpaired) electrons. The minimum Gasteiger partial charge on any atom is -0.480 e. The number of carboxylic acids is 1. The first-order chi connectivity index (χ1) is 8.56. The zero-order valence-corrected chi connectivity index (χ0v) is 10.7. The lowest BCUT2D eigenvalue weighted by Gasteiger charge is -2.28. The molecule has 0 saturated carbocycles. The van der Waals surface area contributed by atoms with Gasteiger partial charge in [-0.05, 0) is 17.4 Å². The molecule has 2 rings (SSSR count). The second-order valence-corrected chi connectivity index (χ2v) is 5.08. The van der Waals surface area contributed by atoms with Crippen molar-refractivity contribution in [3.63, 3.8) is 0 Å².